The number of morpholine rings is 1. The van der Waals surface area contributed by atoms with Gasteiger partial charge in [0.2, 0.25) is 10.0 Å². The van der Waals surface area contributed by atoms with Gasteiger partial charge in [0.1, 0.15) is 5.76 Å². The van der Waals surface area contributed by atoms with Gasteiger partial charge in [-0.15, -0.1) is 0 Å². The van der Waals surface area contributed by atoms with Gasteiger partial charge < -0.3 is 19.2 Å². The van der Waals surface area contributed by atoms with Gasteiger partial charge in [-0.05, 0) is 42.8 Å². The van der Waals surface area contributed by atoms with Crippen molar-refractivity contribution in [3.63, 3.8) is 0 Å². The Bertz CT molecular complexity index is 1020. The number of sulfonamides is 1. The molecule has 2 aromatic rings. The third kappa shape index (κ3) is 5.56. The van der Waals surface area contributed by atoms with Crippen LogP contribution in [0.3, 0.4) is 0 Å². The minimum absolute atomic E-state index is 0.0728. The van der Waals surface area contributed by atoms with E-state index in [9.17, 15) is 18.0 Å². The Balaban J connectivity index is 1.61. The zero-order chi connectivity index (χ0) is 21.6. The number of carbonyl (C=O) groups is 2. The lowest BCUT2D eigenvalue weighted by Crippen LogP contribution is -2.40. The average molecular weight is 434 g/mol. The molecule has 160 valence electrons. The molecule has 1 saturated heterocycles. The summed E-state index contributed by atoms with van der Waals surface area (Å²) in [7, 11) is -3.69. The summed E-state index contributed by atoms with van der Waals surface area (Å²) < 4.78 is 42.1. The van der Waals surface area contributed by atoms with Crippen molar-refractivity contribution in [1.82, 2.24) is 4.31 Å². The molecule has 30 heavy (non-hydrogen) atoms. The van der Waals surface area contributed by atoms with Crippen LogP contribution in [0.4, 0.5) is 5.69 Å². The molecule has 1 aromatic carbocycles. The zero-order valence-electron chi connectivity index (χ0n) is 16.4. The van der Waals surface area contributed by atoms with Gasteiger partial charge in [-0.2, -0.15) is 4.31 Å². The highest BCUT2D eigenvalue weighted by Gasteiger charge is 2.26. The molecule has 0 bridgehead atoms. The van der Waals surface area contributed by atoms with E-state index in [2.05, 4.69) is 5.32 Å². The smallest absolute Gasteiger partial charge is 0.331 e. The molecule has 1 N–H and O–H groups in total. The van der Waals surface area contributed by atoms with Gasteiger partial charge >= 0.3 is 5.97 Å². The molecular weight excluding hydrogens is 412 g/mol. The van der Waals surface area contributed by atoms with Crippen LogP contribution in [0.25, 0.3) is 6.08 Å². The van der Waals surface area contributed by atoms with E-state index in [4.69, 9.17) is 13.9 Å². The number of furan rings is 1. The van der Waals surface area contributed by atoms with Gasteiger partial charge in [0.05, 0.1) is 24.4 Å². The summed E-state index contributed by atoms with van der Waals surface area (Å²) in [4.78, 5) is 23.9. The number of ether oxygens (including phenoxy) is 2. The van der Waals surface area contributed by atoms with Crippen LogP contribution in [0.15, 0.2) is 52.0 Å². The molecule has 2 heterocycles. The van der Waals surface area contributed by atoms with Crippen molar-refractivity contribution >= 4 is 33.7 Å². The number of aryl methyl sites for hydroxylation is 1. The number of carbonyl (C=O) groups excluding carboxylic acids is 2. The number of hydrogen-bond donors (Lipinski definition) is 1. The molecule has 1 amide bonds. The van der Waals surface area contributed by atoms with Crippen LogP contribution in [0.5, 0.6) is 0 Å². The van der Waals surface area contributed by atoms with Crippen molar-refractivity contribution in [1.29, 1.82) is 0 Å². The van der Waals surface area contributed by atoms with Gasteiger partial charge in [0.15, 0.2) is 6.61 Å². The standard InChI is InChI=1S/C20H22N2O7S/c1-15-4-6-17(30(25,26)22-8-11-27-12-9-22)13-18(15)21-19(23)14-29-20(24)7-5-16-3-2-10-28-16/h2-7,10,13H,8-9,11-12,14H2,1H3,(H,21,23)/b7-5+. The third-order valence-electron chi connectivity index (χ3n) is 4.36. The quantitative estimate of drug-likeness (QED) is 0.522. The number of hydrogen-bond acceptors (Lipinski definition) is 7. The fraction of sp³-hybridized carbons (Fsp3) is 0.300. The second kappa shape index (κ2) is 9.70. The number of anilines is 1. The van der Waals surface area contributed by atoms with Gasteiger partial charge in [-0.1, -0.05) is 6.07 Å². The minimum atomic E-state index is -3.69. The van der Waals surface area contributed by atoms with Crippen molar-refractivity contribution in [3.8, 4) is 0 Å². The maximum Gasteiger partial charge on any atom is 0.331 e. The highest BCUT2D eigenvalue weighted by molar-refractivity contribution is 7.89. The molecule has 3 rings (SSSR count). The van der Waals surface area contributed by atoms with Crippen LogP contribution in [-0.2, 0) is 29.1 Å². The number of nitrogens with zero attached hydrogens (tertiary/aromatic N) is 1. The Morgan fingerprint density at radius 1 is 1.23 bits per heavy atom. The SMILES string of the molecule is Cc1ccc(S(=O)(=O)N2CCOCC2)cc1NC(=O)COC(=O)/C=C/c1ccco1. The van der Waals surface area contributed by atoms with E-state index >= 15 is 0 Å². The van der Waals surface area contributed by atoms with Gasteiger partial charge in [-0.25, -0.2) is 13.2 Å². The predicted octanol–water partition coefficient (Wildman–Crippen LogP) is 1.80. The lowest BCUT2D eigenvalue weighted by Gasteiger charge is -2.26. The molecule has 1 aromatic heterocycles. The highest BCUT2D eigenvalue weighted by atomic mass is 32.2. The van der Waals surface area contributed by atoms with Crippen molar-refractivity contribution in [3.05, 3.63) is 54.0 Å². The van der Waals surface area contributed by atoms with Gasteiger partial charge in [0, 0.05) is 24.9 Å². The molecule has 0 atom stereocenters. The van der Waals surface area contributed by atoms with E-state index in [0.29, 0.717) is 30.2 Å². The van der Waals surface area contributed by atoms with Crippen molar-refractivity contribution in [2.24, 2.45) is 0 Å². The third-order valence-corrected chi connectivity index (χ3v) is 6.26. The topological polar surface area (TPSA) is 115 Å². The molecule has 0 spiro atoms. The first kappa shape index (κ1) is 21.8. The molecule has 1 aliphatic rings. The molecule has 0 aliphatic carbocycles. The number of benzene rings is 1. The second-order valence-electron chi connectivity index (χ2n) is 6.50. The first-order valence-corrected chi connectivity index (χ1v) is 10.7. The number of rotatable bonds is 7. The highest BCUT2D eigenvalue weighted by Crippen LogP contribution is 2.23. The second-order valence-corrected chi connectivity index (χ2v) is 8.44. The lowest BCUT2D eigenvalue weighted by molar-refractivity contribution is -0.142. The summed E-state index contributed by atoms with van der Waals surface area (Å²) in [5.41, 5.74) is 1.00. The average Bonchev–Trinajstić information content (AvgIpc) is 3.26. The number of amides is 1. The van der Waals surface area contributed by atoms with Gasteiger partial charge in [-0.3, -0.25) is 4.79 Å². The van der Waals surface area contributed by atoms with Crippen LogP contribution >= 0.6 is 0 Å². The molecular formula is C20H22N2O7S. The van der Waals surface area contributed by atoms with E-state index in [-0.39, 0.29) is 18.0 Å². The van der Waals surface area contributed by atoms with Crippen molar-refractivity contribution < 1.29 is 31.9 Å². The maximum atomic E-state index is 12.8. The Morgan fingerprint density at radius 3 is 2.70 bits per heavy atom. The summed E-state index contributed by atoms with van der Waals surface area (Å²) in [5.74, 6) is -0.814. The first-order chi connectivity index (χ1) is 14.4. The lowest BCUT2D eigenvalue weighted by atomic mass is 10.2. The first-order valence-electron chi connectivity index (χ1n) is 9.23. The fourth-order valence-corrected chi connectivity index (χ4v) is 4.17. The maximum absolute atomic E-state index is 12.8. The minimum Gasteiger partial charge on any atom is -0.465 e. The summed E-state index contributed by atoms with van der Waals surface area (Å²) in [6, 6.07) is 7.85. The number of nitrogens with one attached hydrogen (secondary N) is 1. The normalized spacial score (nSPS) is 15.2. The van der Waals surface area contributed by atoms with E-state index < -0.39 is 28.5 Å². The molecule has 0 unspecified atom stereocenters. The molecule has 1 fully saturated rings. The Labute approximate surface area is 174 Å². The number of esters is 1. The molecule has 0 saturated carbocycles. The summed E-state index contributed by atoms with van der Waals surface area (Å²) in [5, 5.41) is 2.58. The van der Waals surface area contributed by atoms with Crippen LogP contribution in [0.1, 0.15) is 11.3 Å². The Morgan fingerprint density at radius 2 is 2.00 bits per heavy atom. The zero-order valence-corrected chi connectivity index (χ0v) is 17.2. The van der Waals surface area contributed by atoms with Crippen molar-refractivity contribution in [2.45, 2.75) is 11.8 Å². The monoisotopic (exact) mass is 434 g/mol. The fourth-order valence-electron chi connectivity index (χ4n) is 2.74. The van der Waals surface area contributed by atoms with Crippen LogP contribution in [-0.4, -0.2) is 57.5 Å². The van der Waals surface area contributed by atoms with Gasteiger partial charge in [0.25, 0.3) is 5.91 Å². The van der Waals surface area contributed by atoms with Crippen molar-refractivity contribution in [2.75, 3.05) is 38.2 Å². The van der Waals surface area contributed by atoms with E-state index in [1.165, 1.54) is 28.8 Å². The molecule has 0 radical (unpaired) electrons. The summed E-state index contributed by atoms with van der Waals surface area (Å²) in [6.07, 6.45) is 4.03. The largest absolute Gasteiger partial charge is 0.465 e. The van der Waals surface area contributed by atoms with E-state index in [0.717, 1.165) is 6.08 Å². The van der Waals surface area contributed by atoms with Crippen LogP contribution < -0.4 is 5.32 Å². The summed E-state index contributed by atoms with van der Waals surface area (Å²) >= 11 is 0. The predicted molar refractivity (Wildman–Crippen MR) is 108 cm³/mol. The summed E-state index contributed by atoms with van der Waals surface area (Å²) in [6.45, 7) is 2.46. The Hall–Kier alpha value is -2.95. The van der Waals surface area contributed by atoms with Crippen LogP contribution in [0.2, 0.25) is 0 Å². The molecule has 9 nitrogen and oxygen atoms in total. The Kier molecular flexibility index (Phi) is 7.03. The molecule has 10 heteroatoms. The van der Waals surface area contributed by atoms with E-state index in [1.54, 1.807) is 25.1 Å². The van der Waals surface area contributed by atoms with E-state index in [1.807, 2.05) is 0 Å². The molecule has 1 aliphatic heterocycles. The van der Waals surface area contributed by atoms with Crippen LogP contribution in [0, 0.1) is 6.92 Å².